The second-order valence-electron chi connectivity index (χ2n) is 7.93. The van der Waals surface area contributed by atoms with Gasteiger partial charge in [0, 0.05) is 56.7 Å². The van der Waals surface area contributed by atoms with Crippen LogP contribution in [0.3, 0.4) is 0 Å². The number of anilines is 3. The average Bonchev–Trinajstić information content (AvgIpc) is 2.75. The fraction of sp³-hybridized carbons (Fsp3) is 0.500. The Morgan fingerprint density at radius 3 is 2.34 bits per heavy atom. The van der Waals surface area contributed by atoms with Gasteiger partial charge in [-0.3, -0.25) is 0 Å². The zero-order chi connectivity index (χ0) is 20.2. The van der Waals surface area contributed by atoms with Crippen LogP contribution in [0, 0.1) is 13.8 Å². The molecule has 3 heterocycles. The number of para-hydroxylation sites is 1. The largest absolute Gasteiger partial charge is 0.353 e. The van der Waals surface area contributed by atoms with E-state index in [4.69, 9.17) is 4.98 Å². The van der Waals surface area contributed by atoms with Crippen molar-refractivity contribution in [2.24, 2.45) is 0 Å². The van der Waals surface area contributed by atoms with Crippen molar-refractivity contribution in [1.29, 1.82) is 0 Å². The summed E-state index contributed by atoms with van der Waals surface area (Å²) in [4.78, 5) is 28.6. The molecule has 29 heavy (non-hydrogen) atoms. The first-order valence-corrected chi connectivity index (χ1v) is 10.6. The van der Waals surface area contributed by atoms with E-state index in [1.165, 1.54) is 19.3 Å². The van der Waals surface area contributed by atoms with Gasteiger partial charge in [0.25, 0.3) is 0 Å². The van der Waals surface area contributed by atoms with Gasteiger partial charge in [-0.1, -0.05) is 18.2 Å². The maximum Gasteiger partial charge on any atom is 0.321 e. The van der Waals surface area contributed by atoms with Crippen LogP contribution in [0.15, 0.2) is 30.3 Å². The van der Waals surface area contributed by atoms with Gasteiger partial charge in [-0.2, -0.15) is 4.98 Å². The van der Waals surface area contributed by atoms with E-state index in [9.17, 15) is 4.79 Å². The van der Waals surface area contributed by atoms with Gasteiger partial charge >= 0.3 is 6.03 Å². The number of urea groups is 1. The van der Waals surface area contributed by atoms with E-state index in [0.717, 1.165) is 54.9 Å². The number of aromatic nitrogens is 2. The van der Waals surface area contributed by atoms with Gasteiger partial charge in [0.15, 0.2) is 0 Å². The molecule has 1 N–H and O–H groups in total. The highest BCUT2D eigenvalue weighted by atomic mass is 16.2. The standard InChI is InChI=1S/C22H30N6O/c1-17-8-4-5-9-19(17)24-22(29)28-14-12-26(13-15-28)20-16-18(2)23-21(25-20)27-10-6-3-7-11-27/h4-5,8-9,16H,3,6-7,10-15H2,1-2H3,(H,24,29). The highest BCUT2D eigenvalue weighted by molar-refractivity contribution is 5.90. The van der Waals surface area contributed by atoms with Crippen molar-refractivity contribution in [3.8, 4) is 0 Å². The molecule has 0 spiro atoms. The van der Waals surface area contributed by atoms with Crippen LogP contribution in [0.25, 0.3) is 0 Å². The molecule has 4 rings (SSSR count). The van der Waals surface area contributed by atoms with Crippen molar-refractivity contribution >= 4 is 23.5 Å². The number of amides is 2. The van der Waals surface area contributed by atoms with Crippen LogP contribution in [0.1, 0.15) is 30.5 Å². The normalized spacial score (nSPS) is 17.4. The van der Waals surface area contributed by atoms with Crippen molar-refractivity contribution in [2.45, 2.75) is 33.1 Å². The zero-order valence-corrected chi connectivity index (χ0v) is 17.4. The van der Waals surface area contributed by atoms with Crippen molar-refractivity contribution in [2.75, 3.05) is 54.4 Å². The molecule has 2 fully saturated rings. The molecule has 7 heteroatoms. The van der Waals surface area contributed by atoms with Crippen LogP contribution in [0.4, 0.5) is 22.2 Å². The molecule has 7 nitrogen and oxygen atoms in total. The van der Waals surface area contributed by atoms with E-state index < -0.39 is 0 Å². The Bertz CT molecular complexity index is 856. The van der Waals surface area contributed by atoms with Crippen molar-refractivity contribution in [3.63, 3.8) is 0 Å². The van der Waals surface area contributed by atoms with Crippen LogP contribution in [-0.2, 0) is 0 Å². The van der Waals surface area contributed by atoms with E-state index in [0.29, 0.717) is 13.1 Å². The average molecular weight is 395 g/mol. The summed E-state index contributed by atoms with van der Waals surface area (Å²) in [7, 11) is 0. The molecule has 0 aliphatic carbocycles. The van der Waals surface area contributed by atoms with Crippen LogP contribution in [-0.4, -0.2) is 60.2 Å². The molecule has 0 saturated carbocycles. The fourth-order valence-electron chi connectivity index (χ4n) is 3.98. The summed E-state index contributed by atoms with van der Waals surface area (Å²) in [5.41, 5.74) is 2.94. The SMILES string of the molecule is Cc1cc(N2CCN(C(=O)Nc3ccccc3C)CC2)nc(N2CCCCC2)n1. The molecular formula is C22H30N6O. The predicted molar refractivity (Wildman–Crippen MR) is 117 cm³/mol. The summed E-state index contributed by atoms with van der Waals surface area (Å²) in [6, 6.07) is 9.88. The molecule has 1 aromatic carbocycles. The van der Waals surface area contributed by atoms with Crippen LogP contribution in [0.5, 0.6) is 0 Å². The minimum atomic E-state index is -0.0353. The Hall–Kier alpha value is -2.83. The molecule has 2 aliphatic rings. The smallest absolute Gasteiger partial charge is 0.321 e. The maximum absolute atomic E-state index is 12.6. The lowest BCUT2D eigenvalue weighted by molar-refractivity contribution is 0.208. The van der Waals surface area contributed by atoms with Crippen LogP contribution < -0.4 is 15.1 Å². The van der Waals surface area contributed by atoms with E-state index in [-0.39, 0.29) is 6.03 Å². The first-order chi connectivity index (χ1) is 14.1. The number of hydrogen-bond acceptors (Lipinski definition) is 5. The molecule has 154 valence electrons. The third-order valence-corrected chi connectivity index (χ3v) is 5.75. The Balaban J connectivity index is 1.38. The summed E-state index contributed by atoms with van der Waals surface area (Å²) in [6.07, 6.45) is 3.71. The van der Waals surface area contributed by atoms with Crippen molar-refractivity contribution in [1.82, 2.24) is 14.9 Å². The minimum Gasteiger partial charge on any atom is -0.353 e. The molecule has 0 unspecified atom stereocenters. The molecule has 0 radical (unpaired) electrons. The second-order valence-corrected chi connectivity index (χ2v) is 7.93. The van der Waals surface area contributed by atoms with E-state index in [1.54, 1.807) is 0 Å². The van der Waals surface area contributed by atoms with Crippen molar-refractivity contribution < 1.29 is 4.79 Å². The molecule has 2 aliphatic heterocycles. The van der Waals surface area contributed by atoms with Gasteiger partial charge in [-0.25, -0.2) is 9.78 Å². The summed E-state index contributed by atoms with van der Waals surface area (Å²) >= 11 is 0. The quantitative estimate of drug-likeness (QED) is 0.864. The number of piperazine rings is 1. The number of rotatable bonds is 3. The molecular weight excluding hydrogens is 364 g/mol. The number of benzene rings is 1. The minimum absolute atomic E-state index is 0.0353. The molecule has 0 bridgehead atoms. The summed E-state index contributed by atoms with van der Waals surface area (Å²) in [5.74, 6) is 1.82. The molecule has 1 aromatic heterocycles. The van der Waals surface area contributed by atoms with Gasteiger partial charge in [-0.15, -0.1) is 0 Å². The van der Waals surface area contributed by atoms with Gasteiger partial charge in [0.2, 0.25) is 5.95 Å². The molecule has 2 saturated heterocycles. The third kappa shape index (κ3) is 4.60. The Labute approximate surface area is 172 Å². The van der Waals surface area contributed by atoms with Crippen LogP contribution in [0.2, 0.25) is 0 Å². The van der Waals surface area contributed by atoms with E-state index in [1.807, 2.05) is 43.0 Å². The highest BCUT2D eigenvalue weighted by Gasteiger charge is 2.23. The monoisotopic (exact) mass is 394 g/mol. The number of piperidine rings is 1. The first kappa shape index (κ1) is 19.5. The Morgan fingerprint density at radius 2 is 1.62 bits per heavy atom. The molecule has 2 amide bonds. The molecule has 2 aromatic rings. The zero-order valence-electron chi connectivity index (χ0n) is 17.4. The third-order valence-electron chi connectivity index (χ3n) is 5.75. The predicted octanol–water partition coefficient (Wildman–Crippen LogP) is 3.44. The lowest BCUT2D eigenvalue weighted by atomic mass is 10.1. The topological polar surface area (TPSA) is 64.6 Å². The van der Waals surface area contributed by atoms with Gasteiger partial charge in [0.1, 0.15) is 5.82 Å². The summed E-state index contributed by atoms with van der Waals surface area (Å²) < 4.78 is 0. The van der Waals surface area contributed by atoms with Gasteiger partial charge < -0.3 is 20.0 Å². The Kier molecular flexibility index (Phi) is 5.83. The van der Waals surface area contributed by atoms with E-state index >= 15 is 0 Å². The molecule has 0 atom stereocenters. The first-order valence-electron chi connectivity index (χ1n) is 10.6. The summed E-state index contributed by atoms with van der Waals surface area (Å²) in [5, 5.41) is 3.03. The lowest BCUT2D eigenvalue weighted by Gasteiger charge is -2.36. The fourth-order valence-corrected chi connectivity index (χ4v) is 3.98. The number of nitrogens with zero attached hydrogens (tertiary/aromatic N) is 5. The van der Waals surface area contributed by atoms with Crippen molar-refractivity contribution in [3.05, 3.63) is 41.6 Å². The number of aryl methyl sites for hydroxylation is 2. The van der Waals surface area contributed by atoms with Crippen LogP contribution >= 0.6 is 0 Å². The lowest BCUT2D eigenvalue weighted by Crippen LogP contribution is -2.50. The second kappa shape index (κ2) is 8.68. The van der Waals surface area contributed by atoms with Gasteiger partial charge in [-0.05, 0) is 44.7 Å². The van der Waals surface area contributed by atoms with Gasteiger partial charge in [0.05, 0.1) is 0 Å². The number of hydrogen-bond donors (Lipinski definition) is 1. The maximum atomic E-state index is 12.6. The Morgan fingerprint density at radius 1 is 0.897 bits per heavy atom. The number of nitrogens with one attached hydrogen (secondary N) is 1. The number of carbonyl (C=O) groups excluding carboxylic acids is 1. The number of carbonyl (C=O) groups is 1. The highest BCUT2D eigenvalue weighted by Crippen LogP contribution is 2.22. The summed E-state index contributed by atoms with van der Waals surface area (Å²) in [6.45, 7) is 9.02. The van der Waals surface area contributed by atoms with E-state index in [2.05, 4.69) is 26.2 Å².